The van der Waals surface area contributed by atoms with Gasteiger partial charge in [-0.1, -0.05) is 12.1 Å². The lowest BCUT2D eigenvalue weighted by atomic mass is 10.2. The minimum absolute atomic E-state index is 0.154. The van der Waals surface area contributed by atoms with E-state index in [9.17, 15) is 8.78 Å². The molecular weight excluding hydrogens is 414 g/mol. The van der Waals surface area contributed by atoms with Gasteiger partial charge < -0.3 is 24.8 Å². The molecule has 1 saturated heterocycles. The fourth-order valence-electron chi connectivity index (χ4n) is 3.53. The van der Waals surface area contributed by atoms with Crippen LogP contribution in [0.1, 0.15) is 18.1 Å². The Balaban J connectivity index is 1.63. The first-order valence-electron chi connectivity index (χ1n) is 10.9. The van der Waals surface area contributed by atoms with Crippen molar-refractivity contribution in [2.24, 2.45) is 4.99 Å². The number of ether oxygens (including phenoxy) is 1. The summed E-state index contributed by atoms with van der Waals surface area (Å²) in [6, 6.07) is 10.8. The smallest absolute Gasteiger partial charge is 0.387 e. The van der Waals surface area contributed by atoms with Crippen LogP contribution in [0.5, 0.6) is 5.75 Å². The second kappa shape index (κ2) is 11.6. The standard InChI is InChI=1S/C23H32F2N6O/c1-4-26-23(30(3)17-18-5-7-20(8-6-18)32-22(24)25)28-16-19-9-10-27-21(15-19)31-13-11-29(2)12-14-31/h5-10,15,22H,4,11-14,16-17H2,1-3H3,(H,26,28). The number of aromatic nitrogens is 1. The molecule has 1 aromatic heterocycles. The highest BCUT2D eigenvalue weighted by molar-refractivity contribution is 5.79. The number of likely N-dealkylation sites (N-methyl/N-ethyl adjacent to an activating group) is 1. The van der Waals surface area contributed by atoms with Crippen LogP contribution in [0.25, 0.3) is 0 Å². The SMILES string of the molecule is CCNC(=NCc1ccnc(N2CCN(C)CC2)c1)N(C)Cc1ccc(OC(F)F)cc1. The predicted molar refractivity (Wildman–Crippen MR) is 123 cm³/mol. The van der Waals surface area contributed by atoms with E-state index in [0.29, 0.717) is 13.1 Å². The van der Waals surface area contributed by atoms with E-state index in [1.165, 1.54) is 0 Å². The van der Waals surface area contributed by atoms with Gasteiger partial charge >= 0.3 is 6.61 Å². The molecule has 0 amide bonds. The molecule has 2 aromatic rings. The van der Waals surface area contributed by atoms with E-state index in [2.05, 4.69) is 38.0 Å². The molecule has 9 heteroatoms. The lowest BCUT2D eigenvalue weighted by Gasteiger charge is -2.33. The van der Waals surface area contributed by atoms with Gasteiger partial charge in [0.15, 0.2) is 5.96 Å². The Morgan fingerprint density at radius 1 is 1.16 bits per heavy atom. The van der Waals surface area contributed by atoms with Crippen LogP contribution in [0.4, 0.5) is 14.6 Å². The number of rotatable bonds is 8. The molecule has 1 aliphatic rings. The Hall–Kier alpha value is -2.94. The van der Waals surface area contributed by atoms with Gasteiger partial charge in [-0.3, -0.25) is 0 Å². The molecule has 0 unspecified atom stereocenters. The maximum Gasteiger partial charge on any atom is 0.387 e. The summed E-state index contributed by atoms with van der Waals surface area (Å²) in [7, 11) is 4.09. The van der Waals surface area contributed by atoms with E-state index in [0.717, 1.165) is 55.6 Å². The number of nitrogens with zero attached hydrogens (tertiary/aromatic N) is 5. The van der Waals surface area contributed by atoms with Crippen LogP contribution in [-0.2, 0) is 13.1 Å². The first-order chi connectivity index (χ1) is 15.4. The van der Waals surface area contributed by atoms with Gasteiger partial charge in [0, 0.05) is 52.5 Å². The van der Waals surface area contributed by atoms with E-state index >= 15 is 0 Å². The summed E-state index contributed by atoms with van der Waals surface area (Å²) in [5, 5.41) is 3.31. The van der Waals surface area contributed by atoms with Gasteiger partial charge in [-0.25, -0.2) is 9.98 Å². The lowest BCUT2D eigenvalue weighted by Crippen LogP contribution is -2.44. The van der Waals surface area contributed by atoms with Crippen molar-refractivity contribution in [3.63, 3.8) is 0 Å². The third kappa shape index (κ3) is 7.05. The largest absolute Gasteiger partial charge is 0.435 e. The molecule has 0 atom stereocenters. The molecule has 3 rings (SSSR count). The summed E-state index contributed by atoms with van der Waals surface area (Å²) < 4.78 is 29.1. The first-order valence-corrected chi connectivity index (χ1v) is 10.9. The van der Waals surface area contributed by atoms with Crippen molar-refractivity contribution in [1.29, 1.82) is 0 Å². The molecule has 0 aliphatic carbocycles. The van der Waals surface area contributed by atoms with Crippen molar-refractivity contribution in [2.45, 2.75) is 26.6 Å². The topological polar surface area (TPSA) is 56.2 Å². The summed E-state index contributed by atoms with van der Waals surface area (Å²) in [6.45, 7) is 5.10. The average Bonchev–Trinajstić information content (AvgIpc) is 2.78. The maximum atomic E-state index is 12.3. The zero-order valence-corrected chi connectivity index (χ0v) is 19.0. The van der Waals surface area contributed by atoms with E-state index in [1.807, 2.05) is 31.1 Å². The van der Waals surface area contributed by atoms with Crippen molar-refractivity contribution < 1.29 is 13.5 Å². The predicted octanol–water partition coefficient (Wildman–Crippen LogP) is 3.03. The Labute approximate surface area is 188 Å². The number of hydrogen-bond donors (Lipinski definition) is 1. The number of benzene rings is 1. The molecule has 2 heterocycles. The Morgan fingerprint density at radius 2 is 1.88 bits per heavy atom. The highest BCUT2D eigenvalue weighted by Gasteiger charge is 2.15. The van der Waals surface area contributed by atoms with Crippen molar-refractivity contribution >= 4 is 11.8 Å². The number of aliphatic imine (C=N–C) groups is 1. The first kappa shape index (κ1) is 23.7. The molecule has 1 aromatic carbocycles. The average molecular weight is 447 g/mol. The third-order valence-electron chi connectivity index (χ3n) is 5.31. The third-order valence-corrected chi connectivity index (χ3v) is 5.31. The van der Waals surface area contributed by atoms with Crippen LogP contribution in [-0.4, -0.2) is 74.2 Å². The van der Waals surface area contributed by atoms with Crippen LogP contribution in [0, 0.1) is 0 Å². The Morgan fingerprint density at radius 3 is 2.53 bits per heavy atom. The van der Waals surface area contributed by atoms with Crippen LogP contribution in [0.2, 0.25) is 0 Å². The second-order valence-corrected chi connectivity index (χ2v) is 7.86. The number of hydrogen-bond acceptors (Lipinski definition) is 5. The molecule has 0 saturated carbocycles. The number of alkyl halides is 2. The number of piperazine rings is 1. The van der Waals surface area contributed by atoms with Crippen LogP contribution in [0.3, 0.4) is 0 Å². The van der Waals surface area contributed by atoms with Gasteiger partial charge in [0.1, 0.15) is 11.6 Å². The van der Waals surface area contributed by atoms with Crippen LogP contribution >= 0.6 is 0 Å². The van der Waals surface area contributed by atoms with Crippen molar-refractivity contribution in [3.8, 4) is 5.75 Å². The summed E-state index contributed by atoms with van der Waals surface area (Å²) in [4.78, 5) is 16.0. The molecule has 0 radical (unpaired) electrons. The molecule has 0 bridgehead atoms. The van der Waals surface area contributed by atoms with E-state index < -0.39 is 6.61 Å². The lowest BCUT2D eigenvalue weighted by molar-refractivity contribution is -0.0498. The molecule has 1 aliphatic heterocycles. The highest BCUT2D eigenvalue weighted by atomic mass is 19.3. The normalized spacial score (nSPS) is 15.2. The second-order valence-electron chi connectivity index (χ2n) is 7.86. The monoisotopic (exact) mass is 446 g/mol. The van der Waals surface area contributed by atoms with E-state index in [-0.39, 0.29) is 5.75 Å². The molecule has 0 spiro atoms. The summed E-state index contributed by atoms with van der Waals surface area (Å²) in [6.07, 6.45) is 1.85. The van der Waals surface area contributed by atoms with E-state index in [4.69, 9.17) is 4.99 Å². The van der Waals surface area contributed by atoms with E-state index in [1.54, 1.807) is 24.3 Å². The zero-order chi connectivity index (χ0) is 22.9. The Kier molecular flexibility index (Phi) is 8.61. The fourth-order valence-corrected chi connectivity index (χ4v) is 3.53. The number of anilines is 1. The number of nitrogens with one attached hydrogen (secondary N) is 1. The van der Waals surface area contributed by atoms with Gasteiger partial charge in [0.2, 0.25) is 0 Å². The number of halogens is 2. The molecule has 1 fully saturated rings. The van der Waals surface area contributed by atoms with Crippen molar-refractivity contribution in [2.75, 3.05) is 51.7 Å². The minimum Gasteiger partial charge on any atom is -0.435 e. The summed E-state index contributed by atoms with van der Waals surface area (Å²) in [5.41, 5.74) is 2.08. The molecule has 32 heavy (non-hydrogen) atoms. The Bertz CT molecular complexity index is 869. The maximum absolute atomic E-state index is 12.3. The molecule has 174 valence electrons. The minimum atomic E-state index is -2.82. The molecule has 7 nitrogen and oxygen atoms in total. The van der Waals surface area contributed by atoms with Crippen LogP contribution < -0.4 is 15.0 Å². The van der Waals surface area contributed by atoms with Crippen molar-refractivity contribution in [1.82, 2.24) is 20.1 Å². The highest BCUT2D eigenvalue weighted by Crippen LogP contribution is 2.17. The van der Waals surface area contributed by atoms with Gasteiger partial charge in [0.25, 0.3) is 0 Å². The summed E-state index contributed by atoms with van der Waals surface area (Å²) in [5.74, 6) is 1.93. The summed E-state index contributed by atoms with van der Waals surface area (Å²) >= 11 is 0. The van der Waals surface area contributed by atoms with Gasteiger partial charge in [0.05, 0.1) is 6.54 Å². The number of guanidine groups is 1. The zero-order valence-electron chi connectivity index (χ0n) is 19.0. The van der Waals surface area contributed by atoms with Gasteiger partial charge in [-0.15, -0.1) is 0 Å². The quantitative estimate of drug-likeness (QED) is 0.497. The van der Waals surface area contributed by atoms with Crippen molar-refractivity contribution in [3.05, 3.63) is 53.7 Å². The molecular formula is C23H32F2N6O. The van der Waals surface area contributed by atoms with Gasteiger partial charge in [-0.05, 0) is 49.4 Å². The van der Waals surface area contributed by atoms with Gasteiger partial charge in [-0.2, -0.15) is 8.78 Å². The molecule has 1 N–H and O–H groups in total. The van der Waals surface area contributed by atoms with Crippen LogP contribution in [0.15, 0.2) is 47.6 Å². The fraction of sp³-hybridized carbons (Fsp3) is 0.478. The number of pyridine rings is 1.